The first-order chi connectivity index (χ1) is 12.5. The van der Waals surface area contributed by atoms with E-state index in [9.17, 15) is 14.9 Å². The zero-order chi connectivity index (χ0) is 18.5. The molecule has 0 radical (unpaired) electrons. The number of hydrogen-bond donors (Lipinski definition) is 1. The van der Waals surface area contributed by atoms with Crippen molar-refractivity contribution in [2.45, 2.75) is 0 Å². The number of nitrogens with zero attached hydrogens (tertiary/aromatic N) is 2. The van der Waals surface area contributed by atoms with E-state index in [0.29, 0.717) is 27.7 Å². The maximum Gasteiger partial charge on any atom is 0.271 e. The van der Waals surface area contributed by atoms with E-state index in [-0.39, 0.29) is 5.69 Å². The van der Waals surface area contributed by atoms with E-state index in [2.05, 4.69) is 10.5 Å². The highest BCUT2D eigenvalue weighted by Crippen LogP contribution is 2.24. The molecule has 0 saturated carbocycles. The van der Waals surface area contributed by atoms with E-state index < -0.39 is 10.8 Å². The van der Waals surface area contributed by atoms with Gasteiger partial charge in [0.1, 0.15) is 11.5 Å². The van der Waals surface area contributed by atoms with Gasteiger partial charge in [0.25, 0.3) is 11.6 Å². The third-order valence-corrected chi connectivity index (χ3v) is 3.67. The van der Waals surface area contributed by atoms with Crippen LogP contribution in [-0.4, -0.2) is 17.0 Å². The zero-order valence-corrected chi connectivity index (χ0v) is 14.0. The molecular formula is C18H12ClN3O4. The molecule has 0 aliphatic carbocycles. The molecule has 0 bridgehead atoms. The minimum atomic E-state index is -0.466. The van der Waals surface area contributed by atoms with Crippen LogP contribution in [0.2, 0.25) is 5.02 Å². The second-order valence-electron chi connectivity index (χ2n) is 5.22. The predicted molar refractivity (Wildman–Crippen MR) is 97.3 cm³/mol. The molecular weight excluding hydrogens is 358 g/mol. The summed E-state index contributed by atoms with van der Waals surface area (Å²) in [5, 5.41) is 15.0. The fourth-order valence-electron chi connectivity index (χ4n) is 2.17. The monoisotopic (exact) mass is 369 g/mol. The van der Waals surface area contributed by atoms with E-state index in [1.54, 1.807) is 42.5 Å². The SMILES string of the molecule is O=C(N/N=C/c1ccc(-c2ccc([N+](=O)[O-])cc2)o1)c1cccc(Cl)c1. The van der Waals surface area contributed by atoms with Crippen LogP contribution in [-0.2, 0) is 0 Å². The van der Waals surface area contributed by atoms with E-state index in [4.69, 9.17) is 16.0 Å². The van der Waals surface area contributed by atoms with Crippen LogP contribution in [0.4, 0.5) is 5.69 Å². The van der Waals surface area contributed by atoms with Crippen LogP contribution < -0.4 is 5.43 Å². The van der Waals surface area contributed by atoms with Gasteiger partial charge in [0.15, 0.2) is 0 Å². The summed E-state index contributed by atoms with van der Waals surface area (Å²) in [6.07, 6.45) is 1.36. The van der Waals surface area contributed by atoms with Gasteiger partial charge in [0, 0.05) is 28.3 Å². The first-order valence-electron chi connectivity index (χ1n) is 7.46. The van der Waals surface area contributed by atoms with Crippen LogP contribution in [0.3, 0.4) is 0 Å². The molecule has 130 valence electrons. The summed E-state index contributed by atoms with van der Waals surface area (Å²) in [6.45, 7) is 0. The Balaban J connectivity index is 1.65. The molecule has 26 heavy (non-hydrogen) atoms. The van der Waals surface area contributed by atoms with Gasteiger partial charge in [0.05, 0.1) is 11.1 Å². The summed E-state index contributed by atoms with van der Waals surface area (Å²) >= 11 is 5.84. The molecule has 1 heterocycles. The van der Waals surface area contributed by atoms with Gasteiger partial charge in [-0.3, -0.25) is 14.9 Å². The lowest BCUT2D eigenvalue weighted by Crippen LogP contribution is -2.17. The molecule has 0 aliphatic rings. The Morgan fingerprint density at radius 3 is 2.62 bits per heavy atom. The van der Waals surface area contributed by atoms with Gasteiger partial charge < -0.3 is 4.42 Å². The number of furan rings is 1. The number of amides is 1. The maximum absolute atomic E-state index is 11.9. The van der Waals surface area contributed by atoms with Crippen LogP contribution >= 0.6 is 11.6 Å². The van der Waals surface area contributed by atoms with E-state index in [1.165, 1.54) is 24.4 Å². The Morgan fingerprint density at radius 2 is 1.92 bits per heavy atom. The van der Waals surface area contributed by atoms with Gasteiger partial charge in [-0.15, -0.1) is 0 Å². The van der Waals surface area contributed by atoms with E-state index in [1.807, 2.05) is 0 Å². The fraction of sp³-hybridized carbons (Fsp3) is 0. The molecule has 0 saturated heterocycles. The normalized spacial score (nSPS) is 10.8. The molecule has 3 aromatic rings. The van der Waals surface area contributed by atoms with Crippen molar-refractivity contribution >= 4 is 29.4 Å². The summed E-state index contributed by atoms with van der Waals surface area (Å²) in [7, 11) is 0. The first kappa shape index (κ1) is 17.4. The topological polar surface area (TPSA) is 97.7 Å². The average molecular weight is 370 g/mol. The lowest BCUT2D eigenvalue weighted by Gasteiger charge is -1.99. The maximum atomic E-state index is 11.9. The number of nitro groups is 1. The summed E-state index contributed by atoms with van der Waals surface area (Å²) < 4.78 is 5.59. The van der Waals surface area contributed by atoms with Crippen molar-refractivity contribution in [1.29, 1.82) is 0 Å². The highest BCUT2D eigenvalue weighted by atomic mass is 35.5. The summed E-state index contributed by atoms with van der Waals surface area (Å²) in [5.41, 5.74) is 3.47. The number of hydrazone groups is 1. The molecule has 1 amide bonds. The lowest BCUT2D eigenvalue weighted by molar-refractivity contribution is -0.384. The van der Waals surface area contributed by atoms with Crippen molar-refractivity contribution in [1.82, 2.24) is 5.43 Å². The van der Waals surface area contributed by atoms with Crippen molar-refractivity contribution < 1.29 is 14.1 Å². The second-order valence-corrected chi connectivity index (χ2v) is 5.65. The van der Waals surface area contributed by atoms with Crippen molar-refractivity contribution in [2.24, 2.45) is 5.10 Å². The van der Waals surface area contributed by atoms with Gasteiger partial charge in [-0.1, -0.05) is 17.7 Å². The van der Waals surface area contributed by atoms with Gasteiger partial charge in [-0.25, -0.2) is 5.43 Å². The molecule has 0 unspecified atom stereocenters. The summed E-state index contributed by atoms with van der Waals surface area (Å²) in [6, 6.07) is 15.9. The number of carbonyl (C=O) groups excluding carboxylic acids is 1. The smallest absolute Gasteiger partial charge is 0.271 e. The van der Waals surface area contributed by atoms with E-state index >= 15 is 0 Å². The number of nitrogens with one attached hydrogen (secondary N) is 1. The van der Waals surface area contributed by atoms with Gasteiger partial charge in [0.2, 0.25) is 0 Å². The number of rotatable bonds is 5. The Kier molecular flexibility index (Phi) is 5.09. The van der Waals surface area contributed by atoms with Crippen molar-refractivity contribution in [2.75, 3.05) is 0 Å². The molecule has 0 aliphatic heterocycles. The number of carbonyl (C=O) groups is 1. The molecule has 1 N–H and O–H groups in total. The van der Waals surface area contributed by atoms with Gasteiger partial charge in [-0.05, 0) is 42.5 Å². The van der Waals surface area contributed by atoms with Crippen LogP contribution in [0.25, 0.3) is 11.3 Å². The average Bonchev–Trinajstić information content (AvgIpc) is 3.10. The third-order valence-electron chi connectivity index (χ3n) is 3.43. The quantitative estimate of drug-likeness (QED) is 0.412. The molecule has 1 aromatic heterocycles. The van der Waals surface area contributed by atoms with Crippen molar-refractivity contribution in [3.05, 3.63) is 87.1 Å². The first-order valence-corrected chi connectivity index (χ1v) is 7.84. The lowest BCUT2D eigenvalue weighted by atomic mass is 10.1. The third kappa shape index (κ3) is 4.14. The number of halogens is 1. The molecule has 0 spiro atoms. The minimum Gasteiger partial charge on any atom is -0.455 e. The van der Waals surface area contributed by atoms with Crippen LogP contribution in [0, 0.1) is 10.1 Å². The highest BCUT2D eigenvalue weighted by Gasteiger charge is 2.08. The number of non-ortho nitro benzene ring substituents is 1. The number of nitro benzene ring substituents is 1. The van der Waals surface area contributed by atoms with Crippen molar-refractivity contribution in [3.63, 3.8) is 0 Å². The van der Waals surface area contributed by atoms with Crippen molar-refractivity contribution in [3.8, 4) is 11.3 Å². The Hall–Kier alpha value is -3.45. The van der Waals surface area contributed by atoms with Crippen LogP contribution in [0.5, 0.6) is 0 Å². The zero-order valence-electron chi connectivity index (χ0n) is 13.3. The minimum absolute atomic E-state index is 0.00539. The number of benzene rings is 2. The molecule has 2 aromatic carbocycles. The number of hydrogen-bond acceptors (Lipinski definition) is 5. The molecule has 7 nitrogen and oxygen atoms in total. The molecule has 0 atom stereocenters. The van der Waals surface area contributed by atoms with Gasteiger partial charge >= 0.3 is 0 Å². The Labute approximate surface area is 153 Å². The standard InChI is InChI=1S/C18H12ClN3O4/c19-14-3-1-2-13(10-14)18(23)21-20-11-16-8-9-17(26-16)12-4-6-15(7-5-12)22(24)25/h1-11H,(H,21,23)/b20-11+. The summed E-state index contributed by atoms with van der Waals surface area (Å²) in [5.74, 6) is 0.554. The van der Waals surface area contributed by atoms with Crippen LogP contribution in [0.15, 0.2) is 70.2 Å². The second kappa shape index (κ2) is 7.62. The van der Waals surface area contributed by atoms with Crippen LogP contribution in [0.1, 0.15) is 16.1 Å². The highest BCUT2D eigenvalue weighted by molar-refractivity contribution is 6.30. The Morgan fingerprint density at radius 1 is 1.15 bits per heavy atom. The fourth-order valence-corrected chi connectivity index (χ4v) is 2.36. The molecule has 3 rings (SSSR count). The molecule has 0 fully saturated rings. The van der Waals surface area contributed by atoms with E-state index in [0.717, 1.165) is 0 Å². The predicted octanol–water partition coefficient (Wildman–Crippen LogP) is 4.27. The summed E-state index contributed by atoms with van der Waals surface area (Å²) in [4.78, 5) is 22.1. The largest absolute Gasteiger partial charge is 0.455 e. The Bertz CT molecular complexity index is 980. The molecule has 8 heteroatoms. The van der Waals surface area contributed by atoms with Gasteiger partial charge in [-0.2, -0.15) is 5.10 Å².